The van der Waals surface area contributed by atoms with Crippen LogP contribution in [-0.4, -0.2) is 44.7 Å². The SMILES string of the molecule is CCN(c1ccc(C)cc1CCN)C(C)CN(C)C. The fourth-order valence-corrected chi connectivity index (χ4v) is 2.70. The van der Waals surface area contributed by atoms with Gasteiger partial charge in [0.1, 0.15) is 0 Å². The predicted octanol–water partition coefficient (Wildman–Crippen LogP) is 2.27. The van der Waals surface area contributed by atoms with E-state index in [0.717, 1.165) is 19.5 Å². The first-order chi connectivity index (χ1) is 8.99. The molecule has 0 fully saturated rings. The van der Waals surface area contributed by atoms with Gasteiger partial charge in [0.25, 0.3) is 0 Å². The molecule has 3 heteroatoms. The third-order valence-corrected chi connectivity index (χ3v) is 3.46. The van der Waals surface area contributed by atoms with Gasteiger partial charge in [0.05, 0.1) is 0 Å². The Labute approximate surface area is 118 Å². The topological polar surface area (TPSA) is 32.5 Å². The highest BCUT2D eigenvalue weighted by Crippen LogP contribution is 2.24. The third-order valence-electron chi connectivity index (χ3n) is 3.46. The minimum atomic E-state index is 0.499. The quantitative estimate of drug-likeness (QED) is 0.819. The van der Waals surface area contributed by atoms with Crippen LogP contribution in [0.15, 0.2) is 18.2 Å². The van der Waals surface area contributed by atoms with E-state index in [0.29, 0.717) is 12.6 Å². The first-order valence-corrected chi connectivity index (χ1v) is 7.20. The van der Waals surface area contributed by atoms with Crippen LogP contribution in [0.5, 0.6) is 0 Å². The lowest BCUT2D eigenvalue weighted by Gasteiger charge is -2.33. The highest BCUT2D eigenvalue weighted by molar-refractivity contribution is 5.56. The highest BCUT2D eigenvalue weighted by Gasteiger charge is 2.16. The fraction of sp³-hybridized carbons (Fsp3) is 0.625. The van der Waals surface area contributed by atoms with Crippen molar-refractivity contribution in [1.29, 1.82) is 0 Å². The van der Waals surface area contributed by atoms with Crippen molar-refractivity contribution in [2.75, 3.05) is 38.6 Å². The summed E-state index contributed by atoms with van der Waals surface area (Å²) < 4.78 is 0. The van der Waals surface area contributed by atoms with Crippen LogP contribution in [0.2, 0.25) is 0 Å². The van der Waals surface area contributed by atoms with Gasteiger partial charge in [-0.2, -0.15) is 0 Å². The molecule has 1 aromatic rings. The second-order valence-electron chi connectivity index (χ2n) is 5.57. The summed E-state index contributed by atoms with van der Waals surface area (Å²) in [5.74, 6) is 0. The molecule has 0 aliphatic rings. The minimum absolute atomic E-state index is 0.499. The van der Waals surface area contributed by atoms with E-state index in [-0.39, 0.29) is 0 Å². The lowest BCUT2D eigenvalue weighted by atomic mass is 10.0. The number of hydrogen-bond acceptors (Lipinski definition) is 3. The third kappa shape index (κ3) is 4.51. The minimum Gasteiger partial charge on any atom is -0.368 e. The Morgan fingerprint density at radius 3 is 2.47 bits per heavy atom. The second-order valence-corrected chi connectivity index (χ2v) is 5.57. The molecular formula is C16H29N3. The molecule has 108 valence electrons. The van der Waals surface area contributed by atoms with Gasteiger partial charge >= 0.3 is 0 Å². The monoisotopic (exact) mass is 263 g/mol. The molecule has 0 radical (unpaired) electrons. The highest BCUT2D eigenvalue weighted by atomic mass is 15.2. The number of aryl methyl sites for hydroxylation is 1. The molecule has 1 aromatic carbocycles. The summed E-state index contributed by atoms with van der Waals surface area (Å²) in [6, 6.07) is 7.21. The van der Waals surface area contributed by atoms with Gasteiger partial charge in [0.2, 0.25) is 0 Å². The van der Waals surface area contributed by atoms with E-state index in [9.17, 15) is 0 Å². The summed E-state index contributed by atoms with van der Waals surface area (Å²) in [6.45, 7) is 9.44. The van der Waals surface area contributed by atoms with Crippen LogP contribution in [-0.2, 0) is 6.42 Å². The molecule has 1 unspecified atom stereocenters. The maximum absolute atomic E-state index is 5.75. The molecule has 19 heavy (non-hydrogen) atoms. The van der Waals surface area contributed by atoms with Crippen molar-refractivity contribution in [3.8, 4) is 0 Å². The van der Waals surface area contributed by atoms with Crippen LogP contribution in [0.1, 0.15) is 25.0 Å². The van der Waals surface area contributed by atoms with E-state index in [2.05, 4.69) is 62.9 Å². The van der Waals surface area contributed by atoms with Gasteiger partial charge in [-0.1, -0.05) is 17.7 Å². The zero-order valence-corrected chi connectivity index (χ0v) is 13.1. The largest absolute Gasteiger partial charge is 0.368 e. The van der Waals surface area contributed by atoms with Crippen molar-refractivity contribution in [2.45, 2.75) is 33.2 Å². The average molecular weight is 263 g/mol. The summed E-state index contributed by atoms with van der Waals surface area (Å²) in [7, 11) is 4.25. The average Bonchev–Trinajstić information content (AvgIpc) is 2.32. The Bertz CT molecular complexity index is 388. The Balaban J connectivity index is 3.02. The lowest BCUT2D eigenvalue weighted by molar-refractivity contribution is 0.372. The molecule has 0 saturated carbocycles. The van der Waals surface area contributed by atoms with E-state index in [1.807, 2.05) is 0 Å². The second kappa shape index (κ2) is 7.51. The molecule has 0 aromatic heterocycles. The van der Waals surface area contributed by atoms with Crippen LogP contribution in [0.25, 0.3) is 0 Å². The van der Waals surface area contributed by atoms with Gasteiger partial charge in [-0.05, 0) is 59.5 Å². The summed E-state index contributed by atoms with van der Waals surface area (Å²) in [5, 5.41) is 0. The maximum atomic E-state index is 5.75. The van der Waals surface area contributed by atoms with Gasteiger partial charge < -0.3 is 15.5 Å². The number of rotatable bonds is 7. The normalized spacial score (nSPS) is 12.8. The molecule has 0 spiro atoms. The number of hydrogen-bond donors (Lipinski definition) is 1. The molecule has 0 saturated heterocycles. The Morgan fingerprint density at radius 2 is 1.95 bits per heavy atom. The number of benzene rings is 1. The Kier molecular flexibility index (Phi) is 6.32. The van der Waals surface area contributed by atoms with Crippen molar-refractivity contribution in [3.05, 3.63) is 29.3 Å². The Morgan fingerprint density at radius 1 is 1.26 bits per heavy atom. The maximum Gasteiger partial charge on any atom is 0.0402 e. The van der Waals surface area contributed by atoms with E-state index in [4.69, 9.17) is 5.73 Å². The molecule has 1 rings (SSSR count). The smallest absolute Gasteiger partial charge is 0.0402 e. The first-order valence-electron chi connectivity index (χ1n) is 7.20. The lowest BCUT2D eigenvalue weighted by Crippen LogP contribution is -2.40. The zero-order valence-electron chi connectivity index (χ0n) is 13.1. The molecule has 0 heterocycles. The molecule has 0 bridgehead atoms. The molecule has 0 amide bonds. The van der Waals surface area contributed by atoms with Crippen molar-refractivity contribution >= 4 is 5.69 Å². The molecule has 3 nitrogen and oxygen atoms in total. The molecular weight excluding hydrogens is 234 g/mol. The number of nitrogens with two attached hydrogens (primary N) is 1. The zero-order chi connectivity index (χ0) is 14.4. The molecule has 2 N–H and O–H groups in total. The predicted molar refractivity (Wildman–Crippen MR) is 85.0 cm³/mol. The van der Waals surface area contributed by atoms with E-state index < -0.39 is 0 Å². The molecule has 1 atom stereocenters. The summed E-state index contributed by atoms with van der Waals surface area (Å²) >= 11 is 0. The van der Waals surface area contributed by atoms with Crippen LogP contribution in [0.4, 0.5) is 5.69 Å². The van der Waals surface area contributed by atoms with Crippen molar-refractivity contribution in [2.24, 2.45) is 5.73 Å². The van der Waals surface area contributed by atoms with Gasteiger partial charge in [-0.3, -0.25) is 0 Å². The number of likely N-dealkylation sites (N-methyl/N-ethyl adjacent to an activating group) is 2. The summed E-state index contributed by atoms with van der Waals surface area (Å²) in [5.41, 5.74) is 9.77. The van der Waals surface area contributed by atoms with Crippen molar-refractivity contribution in [3.63, 3.8) is 0 Å². The van der Waals surface area contributed by atoms with Gasteiger partial charge in [-0.15, -0.1) is 0 Å². The molecule has 0 aliphatic heterocycles. The summed E-state index contributed by atoms with van der Waals surface area (Å²) in [6.07, 6.45) is 0.947. The van der Waals surface area contributed by atoms with E-state index in [1.165, 1.54) is 16.8 Å². The number of nitrogens with zero attached hydrogens (tertiary/aromatic N) is 2. The van der Waals surface area contributed by atoms with Gasteiger partial charge in [0, 0.05) is 24.8 Å². The van der Waals surface area contributed by atoms with E-state index >= 15 is 0 Å². The fourth-order valence-electron chi connectivity index (χ4n) is 2.70. The molecule has 0 aliphatic carbocycles. The first kappa shape index (κ1) is 16.0. The van der Waals surface area contributed by atoms with Crippen molar-refractivity contribution in [1.82, 2.24) is 4.90 Å². The van der Waals surface area contributed by atoms with Gasteiger partial charge in [0.15, 0.2) is 0 Å². The summed E-state index contributed by atoms with van der Waals surface area (Å²) in [4.78, 5) is 4.72. The van der Waals surface area contributed by atoms with Crippen LogP contribution in [0, 0.1) is 6.92 Å². The van der Waals surface area contributed by atoms with E-state index in [1.54, 1.807) is 0 Å². The van der Waals surface area contributed by atoms with Crippen LogP contribution in [0.3, 0.4) is 0 Å². The number of anilines is 1. The van der Waals surface area contributed by atoms with Crippen molar-refractivity contribution < 1.29 is 0 Å². The van der Waals surface area contributed by atoms with Crippen LogP contribution < -0.4 is 10.6 Å². The Hall–Kier alpha value is -1.06. The van der Waals surface area contributed by atoms with Crippen LogP contribution >= 0.6 is 0 Å². The standard InChI is InChI=1S/C16H29N3/c1-6-19(14(3)12-18(4)5)16-8-7-13(2)11-15(16)9-10-17/h7-8,11,14H,6,9-10,12,17H2,1-5H3. The van der Waals surface area contributed by atoms with Gasteiger partial charge in [-0.25, -0.2) is 0 Å².